The highest BCUT2D eigenvalue weighted by Crippen LogP contribution is 2.27. The molecular formula is C19H22N2O3S. The molecule has 2 unspecified atom stereocenters. The number of aryl methyl sites for hydroxylation is 1. The summed E-state index contributed by atoms with van der Waals surface area (Å²) in [5, 5.41) is 10.2. The minimum Gasteiger partial charge on any atom is -0.481 e. The number of aliphatic carboxylic acids is 1. The maximum atomic E-state index is 12.9. The second kappa shape index (κ2) is 7.35. The van der Waals surface area contributed by atoms with Crippen molar-refractivity contribution in [1.82, 2.24) is 9.88 Å². The number of rotatable bonds is 4. The monoisotopic (exact) mass is 358 g/mol. The van der Waals surface area contributed by atoms with Crippen LogP contribution in [-0.2, 0) is 11.2 Å². The third-order valence-corrected chi connectivity index (χ3v) is 5.67. The lowest BCUT2D eigenvalue weighted by atomic mass is 9.90. The second-order valence-corrected chi connectivity index (χ2v) is 7.85. The van der Waals surface area contributed by atoms with Gasteiger partial charge in [0.25, 0.3) is 5.91 Å². The third kappa shape index (κ3) is 4.07. The summed E-state index contributed by atoms with van der Waals surface area (Å²) in [6.45, 7) is 4.73. The molecule has 2 heterocycles. The van der Waals surface area contributed by atoms with Gasteiger partial charge in [-0.05, 0) is 24.8 Å². The lowest BCUT2D eigenvalue weighted by Gasteiger charge is -2.34. The first-order valence-electron chi connectivity index (χ1n) is 8.46. The van der Waals surface area contributed by atoms with E-state index in [0.717, 1.165) is 16.3 Å². The third-order valence-electron chi connectivity index (χ3n) is 4.53. The standard InChI is InChI=1S/C19H22N2O3S/c1-12-8-15(19(23)24)11-21(10-12)18(22)17-13(2)20-16(25-17)9-14-6-4-3-5-7-14/h3-7,12,15H,8-11H2,1-2H3,(H,23,24). The van der Waals surface area contributed by atoms with Crippen molar-refractivity contribution < 1.29 is 14.7 Å². The highest BCUT2D eigenvalue weighted by molar-refractivity contribution is 7.13. The normalized spacial score (nSPS) is 20.5. The SMILES string of the molecule is Cc1nc(Cc2ccccc2)sc1C(=O)N1CC(C)CC(C(=O)O)C1. The summed E-state index contributed by atoms with van der Waals surface area (Å²) in [6, 6.07) is 10.0. The summed E-state index contributed by atoms with van der Waals surface area (Å²) in [6.07, 6.45) is 1.33. The topological polar surface area (TPSA) is 70.5 Å². The first-order valence-corrected chi connectivity index (χ1v) is 9.28. The van der Waals surface area contributed by atoms with E-state index in [1.54, 1.807) is 4.90 Å². The fourth-order valence-corrected chi connectivity index (χ4v) is 4.40. The van der Waals surface area contributed by atoms with Crippen LogP contribution in [0.3, 0.4) is 0 Å². The molecule has 1 aromatic heterocycles. The van der Waals surface area contributed by atoms with E-state index >= 15 is 0 Å². The molecule has 1 aliphatic rings. The summed E-state index contributed by atoms with van der Waals surface area (Å²) in [4.78, 5) is 31.1. The fourth-order valence-electron chi connectivity index (χ4n) is 3.34. The van der Waals surface area contributed by atoms with E-state index in [-0.39, 0.29) is 18.4 Å². The molecule has 5 nitrogen and oxygen atoms in total. The molecule has 0 spiro atoms. The number of hydrogen-bond donors (Lipinski definition) is 1. The molecule has 1 fully saturated rings. The summed E-state index contributed by atoms with van der Waals surface area (Å²) < 4.78 is 0. The highest BCUT2D eigenvalue weighted by Gasteiger charge is 2.33. The van der Waals surface area contributed by atoms with Gasteiger partial charge in [-0.2, -0.15) is 0 Å². The van der Waals surface area contributed by atoms with Gasteiger partial charge in [0.05, 0.1) is 16.6 Å². The van der Waals surface area contributed by atoms with Crippen molar-refractivity contribution in [2.45, 2.75) is 26.7 Å². The largest absolute Gasteiger partial charge is 0.481 e. The molecule has 0 saturated carbocycles. The first-order chi connectivity index (χ1) is 11.9. The summed E-state index contributed by atoms with van der Waals surface area (Å²) in [5.74, 6) is -1.21. The van der Waals surface area contributed by atoms with Gasteiger partial charge >= 0.3 is 5.97 Å². The number of nitrogens with zero attached hydrogens (tertiary/aromatic N) is 2. The van der Waals surface area contributed by atoms with Crippen LogP contribution >= 0.6 is 11.3 Å². The molecule has 25 heavy (non-hydrogen) atoms. The number of hydrogen-bond acceptors (Lipinski definition) is 4. The van der Waals surface area contributed by atoms with Crippen molar-refractivity contribution >= 4 is 23.2 Å². The van der Waals surface area contributed by atoms with Gasteiger partial charge in [0.2, 0.25) is 0 Å². The Labute approximate surface area is 151 Å². The van der Waals surface area contributed by atoms with E-state index in [9.17, 15) is 14.7 Å². The van der Waals surface area contributed by atoms with Gasteiger partial charge in [0, 0.05) is 19.5 Å². The van der Waals surface area contributed by atoms with Crippen molar-refractivity contribution in [2.75, 3.05) is 13.1 Å². The highest BCUT2D eigenvalue weighted by atomic mass is 32.1. The zero-order valence-corrected chi connectivity index (χ0v) is 15.3. The quantitative estimate of drug-likeness (QED) is 0.911. The van der Waals surface area contributed by atoms with Crippen LogP contribution in [0.1, 0.15) is 39.3 Å². The van der Waals surface area contributed by atoms with Gasteiger partial charge in [-0.3, -0.25) is 9.59 Å². The van der Waals surface area contributed by atoms with E-state index in [2.05, 4.69) is 4.98 Å². The van der Waals surface area contributed by atoms with Gasteiger partial charge in [-0.1, -0.05) is 37.3 Å². The molecule has 2 atom stereocenters. The van der Waals surface area contributed by atoms with E-state index < -0.39 is 11.9 Å². The van der Waals surface area contributed by atoms with Crippen LogP contribution in [0.5, 0.6) is 0 Å². The molecule has 1 amide bonds. The van der Waals surface area contributed by atoms with Crippen LogP contribution in [0.15, 0.2) is 30.3 Å². The number of piperidine rings is 1. The Morgan fingerprint density at radius 3 is 2.68 bits per heavy atom. The van der Waals surface area contributed by atoms with Crippen LogP contribution in [0.25, 0.3) is 0 Å². The van der Waals surface area contributed by atoms with Gasteiger partial charge in [0.1, 0.15) is 4.88 Å². The number of aromatic nitrogens is 1. The Balaban J connectivity index is 1.77. The minimum absolute atomic E-state index is 0.0906. The summed E-state index contributed by atoms with van der Waals surface area (Å²) >= 11 is 1.42. The molecular weight excluding hydrogens is 336 g/mol. The Morgan fingerprint density at radius 2 is 2.00 bits per heavy atom. The second-order valence-electron chi connectivity index (χ2n) is 6.77. The Kier molecular flexibility index (Phi) is 5.18. The maximum Gasteiger partial charge on any atom is 0.308 e. The van der Waals surface area contributed by atoms with Crippen molar-refractivity contribution in [3.63, 3.8) is 0 Å². The molecule has 1 aliphatic heterocycles. The number of carbonyl (C=O) groups is 2. The molecule has 1 aromatic carbocycles. The number of likely N-dealkylation sites (tertiary alicyclic amines) is 1. The smallest absolute Gasteiger partial charge is 0.308 e. The molecule has 0 bridgehead atoms. The number of benzene rings is 1. The molecule has 1 saturated heterocycles. The number of amides is 1. The summed E-state index contributed by atoms with van der Waals surface area (Å²) in [5.41, 5.74) is 1.89. The minimum atomic E-state index is -0.824. The zero-order chi connectivity index (χ0) is 18.0. The van der Waals surface area contributed by atoms with E-state index in [1.807, 2.05) is 44.2 Å². The Morgan fingerprint density at radius 1 is 1.28 bits per heavy atom. The van der Waals surface area contributed by atoms with Crippen molar-refractivity contribution in [1.29, 1.82) is 0 Å². The fraction of sp³-hybridized carbons (Fsp3) is 0.421. The maximum absolute atomic E-state index is 12.9. The number of carboxylic acid groups (broad SMARTS) is 1. The van der Waals surface area contributed by atoms with Crippen LogP contribution in [0.4, 0.5) is 0 Å². The number of thiazole rings is 1. The molecule has 2 aromatic rings. The molecule has 6 heteroatoms. The van der Waals surface area contributed by atoms with Crippen LogP contribution < -0.4 is 0 Å². The van der Waals surface area contributed by atoms with Crippen LogP contribution in [-0.4, -0.2) is 40.0 Å². The predicted octanol–water partition coefficient (Wildman–Crippen LogP) is 3.23. The van der Waals surface area contributed by atoms with Crippen molar-refractivity contribution in [3.05, 3.63) is 51.5 Å². The average molecular weight is 358 g/mol. The van der Waals surface area contributed by atoms with E-state index in [1.165, 1.54) is 11.3 Å². The van der Waals surface area contributed by atoms with Crippen LogP contribution in [0, 0.1) is 18.8 Å². The van der Waals surface area contributed by atoms with Gasteiger partial charge < -0.3 is 10.0 Å². The molecule has 3 rings (SSSR count). The average Bonchev–Trinajstić information content (AvgIpc) is 2.94. The zero-order valence-electron chi connectivity index (χ0n) is 14.4. The predicted molar refractivity (Wildman–Crippen MR) is 96.9 cm³/mol. The van der Waals surface area contributed by atoms with Crippen molar-refractivity contribution in [3.8, 4) is 0 Å². The van der Waals surface area contributed by atoms with E-state index in [4.69, 9.17) is 0 Å². The van der Waals surface area contributed by atoms with Crippen molar-refractivity contribution in [2.24, 2.45) is 11.8 Å². The number of carbonyl (C=O) groups excluding carboxylic acids is 1. The first kappa shape index (κ1) is 17.6. The molecule has 0 radical (unpaired) electrons. The number of carboxylic acids is 1. The molecule has 1 N–H and O–H groups in total. The lowest BCUT2D eigenvalue weighted by molar-refractivity contribution is -0.143. The Bertz CT molecular complexity index is 772. The van der Waals surface area contributed by atoms with Gasteiger partial charge in [-0.25, -0.2) is 4.98 Å². The van der Waals surface area contributed by atoms with E-state index in [0.29, 0.717) is 24.3 Å². The van der Waals surface area contributed by atoms with Crippen LogP contribution in [0.2, 0.25) is 0 Å². The summed E-state index contributed by atoms with van der Waals surface area (Å²) in [7, 11) is 0. The Hall–Kier alpha value is -2.21. The molecule has 0 aliphatic carbocycles. The molecule has 132 valence electrons. The van der Waals surface area contributed by atoms with Gasteiger partial charge in [-0.15, -0.1) is 11.3 Å². The lowest BCUT2D eigenvalue weighted by Crippen LogP contribution is -2.45. The van der Waals surface area contributed by atoms with Gasteiger partial charge in [0.15, 0.2) is 0 Å².